The van der Waals surface area contributed by atoms with E-state index in [1.807, 2.05) is 0 Å². The van der Waals surface area contributed by atoms with Crippen LogP contribution >= 0.6 is 11.8 Å². The van der Waals surface area contributed by atoms with Gasteiger partial charge in [-0.25, -0.2) is 4.90 Å². The van der Waals surface area contributed by atoms with Crippen molar-refractivity contribution >= 4 is 46.3 Å². The molecule has 1 aliphatic heterocycles. The molecule has 0 radical (unpaired) electrons. The molecular formula is C18H15N5O4S. The summed E-state index contributed by atoms with van der Waals surface area (Å²) in [4.78, 5) is 36.0. The van der Waals surface area contributed by atoms with Crippen LogP contribution in [0.3, 0.4) is 0 Å². The summed E-state index contributed by atoms with van der Waals surface area (Å²) >= 11 is 0.972. The number of carbonyl (C=O) groups excluding carboxylic acids is 2. The number of nitro benzene ring substituents is 1. The lowest BCUT2D eigenvalue weighted by atomic mass is 10.2. The molecule has 1 atom stereocenters. The van der Waals surface area contributed by atoms with E-state index in [0.29, 0.717) is 11.3 Å². The number of non-ortho nitro benzene ring substituents is 1. The minimum atomic E-state index is -0.661. The first-order valence-electron chi connectivity index (χ1n) is 8.15. The predicted molar refractivity (Wildman–Crippen MR) is 107 cm³/mol. The molecule has 142 valence electrons. The molecule has 2 N–H and O–H groups in total. The van der Waals surface area contributed by atoms with E-state index in [1.165, 1.54) is 30.5 Å². The first-order valence-corrected chi connectivity index (χ1v) is 9.03. The van der Waals surface area contributed by atoms with Crippen LogP contribution in [0.15, 0.2) is 64.8 Å². The van der Waals surface area contributed by atoms with Crippen LogP contribution < -0.4 is 10.6 Å². The number of anilines is 1. The zero-order chi connectivity index (χ0) is 20.1. The Kier molecular flexibility index (Phi) is 5.80. The van der Waals surface area contributed by atoms with E-state index in [9.17, 15) is 19.7 Å². The number of carbonyl (C=O) groups is 2. The Labute approximate surface area is 164 Å². The van der Waals surface area contributed by atoms with Crippen LogP contribution in [0.1, 0.15) is 12.0 Å². The Hall–Kier alpha value is -3.53. The third-order valence-corrected chi connectivity index (χ3v) is 4.83. The zero-order valence-electron chi connectivity index (χ0n) is 14.5. The van der Waals surface area contributed by atoms with Crippen molar-refractivity contribution in [3.8, 4) is 0 Å². The van der Waals surface area contributed by atoms with Crippen LogP contribution in [0, 0.1) is 10.1 Å². The zero-order valence-corrected chi connectivity index (χ0v) is 15.3. The SMILES string of the molecule is NC(=NN=Cc1ccc([N+](=O)[O-])cc1)S[C@H]1CC(=O)N(c2ccccc2)C1=O. The van der Waals surface area contributed by atoms with E-state index in [1.54, 1.807) is 30.3 Å². The van der Waals surface area contributed by atoms with Crippen LogP contribution in [0.25, 0.3) is 0 Å². The quantitative estimate of drug-likeness (QED) is 0.271. The summed E-state index contributed by atoms with van der Waals surface area (Å²) in [5.74, 6) is -0.644. The Bertz CT molecular complexity index is 960. The molecule has 10 heteroatoms. The van der Waals surface area contributed by atoms with E-state index >= 15 is 0 Å². The maximum absolute atomic E-state index is 12.5. The van der Waals surface area contributed by atoms with Gasteiger partial charge < -0.3 is 5.73 Å². The summed E-state index contributed by atoms with van der Waals surface area (Å²) in [5.41, 5.74) is 6.90. The molecule has 1 heterocycles. The molecule has 1 fully saturated rings. The Balaban J connectivity index is 1.62. The fourth-order valence-electron chi connectivity index (χ4n) is 2.55. The van der Waals surface area contributed by atoms with Crippen molar-refractivity contribution in [1.29, 1.82) is 0 Å². The number of nitrogens with zero attached hydrogens (tertiary/aromatic N) is 4. The maximum Gasteiger partial charge on any atom is 0.269 e. The Morgan fingerprint density at radius 1 is 1.18 bits per heavy atom. The number of nitrogens with two attached hydrogens (primary N) is 1. The average Bonchev–Trinajstić information content (AvgIpc) is 2.96. The molecule has 0 saturated carbocycles. The highest BCUT2D eigenvalue weighted by atomic mass is 32.2. The van der Waals surface area contributed by atoms with Crippen molar-refractivity contribution in [2.75, 3.05) is 4.90 Å². The van der Waals surface area contributed by atoms with E-state index in [-0.39, 0.29) is 29.1 Å². The minimum absolute atomic E-state index is 0.0249. The summed E-state index contributed by atoms with van der Waals surface area (Å²) in [7, 11) is 0. The summed E-state index contributed by atoms with van der Waals surface area (Å²) in [5, 5.41) is 17.6. The summed E-state index contributed by atoms with van der Waals surface area (Å²) in [6.07, 6.45) is 1.41. The molecule has 2 amide bonds. The van der Waals surface area contributed by atoms with Gasteiger partial charge in [0.2, 0.25) is 11.8 Å². The van der Waals surface area contributed by atoms with Gasteiger partial charge in [0, 0.05) is 18.6 Å². The molecular weight excluding hydrogens is 382 g/mol. The molecule has 0 aliphatic carbocycles. The van der Waals surface area contributed by atoms with Crippen molar-refractivity contribution in [2.24, 2.45) is 15.9 Å². The van der Waals surface area contributed by atoms with Crippen LogP contribution in [0.2, 0.25) is 0 Å². The largest absolute Gasteiger partial charge is 0.377 e. The van der Waals surface area contributed by atoms with Crippen LogP contribution in [-0.4, -0.2) is 33.4 Å². The van der Waals surface area contributed by atoms with Gasteiger partial charge in [0.05, 0.1) is 16.8 Å². The first kappa shape index (κ1) is 19.2. The second-order valence-corrected chi connectivity index (χ2v) is 6.97. The number of benzene rings is 2. The van der Waals surface area contributed by atoms with E-state index in [2.05, 4.69) is 10.2 Å². The normalized spacial score (nSPS) is 17.5. The minimum Gasteiger partial charge on any atom is -0.377 e. The summed E-state index contributed by atoms with van der Waals surface area (Å²) in [6.45, 7) is 0. The third kappa shape index (κ3) is 4.41. The number of amides is 2. The molecule has 0 spiro atoms. The van der Waals surface area contributed by atoms with Gasteiger partial charge in [-0.3, -0.25) is 19.7 Å². The molecule has 3 rings (SSSR count). The van der Waals surface area contributed by atoms with Gasteiger partial charge in [0.25, 0.3) is 5.69 Å². The van der Waals surface area contributed by atoms with E-state index in [4.69, 9.17) is 5.73 Å². The van der Waals surface area contributed by atoms with Crippen molar-refractivity contribution in [1.82, 2.24) is 0 Å². The number of nitro groups is 1. The fraction of sp³-hybridized carbons (Fsp3) is 0.111. The molecule has 1 aliphatic rings. The molecule has 2 aromatic carbocycles. The van der Waals surface area contributed by atoms with Gasteiger partial charge >= 0.3 is 0 Å². The Morgan fingerprint density at radius 3 is 2.50 bits per heavy atom. The second-order valence-electron chi connectivity index (χ2n) is 5.75. The van der Waals surface area contributed by atoms with Crippen molar-refractivity contribution in [3.63, 3.8) is 0 Å². The van der Waals surface area contributed by atoms with Gasteiger partial charge in [-0.1, -0.05) is 30.0 Å². The molecule has 9 nitrogen and oxygen atoms in total. The molecule has 28 heavy (non-hydrogen) atoms. The Morgan fingerprint density at radius 2 is 1.86 bits per heavy atom. The van der Waals surface area contributed by atoms with Crippen LogP contribution in [0.4, 0.5) is 11.4 Å². The topological polar surface area (TPSA) is 131 Å². The first-order chi connectivity index (χ1) is 13.5. The summed E-state index contributed by atoms with van der Waals surface area (Å²) in [6, 6.07) is 14.4. The van der Waals surface area contributed by atoms with Gasteiger partial charge in [-0.15, -0.1) is 5.10 Å². The standard InChI is InChI=1S/C18H15N5O4S/c19-18(21-20-11-12-6-8-14(9-7-12)23(26)27)28-15-10-16(24)22(17(15)25)13-4-2-1-3-5-13/h1-9,11,15H,10H2,(H2,19,21)/t15-/m0/s1. The monoisotopic (exact) mass is 397 g/mol. The maximum atomic E-state index is 12.5. The number of imide groups is 1. The number of rotatable bonds is 5. The van der Waals surface area contributed by atoms with Crippen LogP contribution in [-0.2, 0) is 9.59 Å². The van der Waals surface area contributed by atoms with Crippen molar-refractivity contribution in [3.05, 3.63) is 70.3 Å². The van der Waals surface area contributed by atoms with Gasteiger partial charge in [0.1, 0.15) is 5.25 Å². The van der Waals surface area contributed by atoms with E-state index < -0.39 is 10.2 Å². The van der Waals surface area contributed by atoms with Crippen molar-refractivity contribution < 1.29 is 14.5 Å². The summed E-state index contributed by atoms with van der Waals surface area (Å²) < 4.78 is 0. The second kappa shape index (κ2) is 8.44. The number of thioether (sulfide) groups is 1. The lowest BCUT2D eigenvalue weighted by Crippen LogP contribution is -2.31. The van der Waals surface area contributed by atoms with E-state index in [0.717, 1.165) is 16.7 Å². The van der Waals surface area contributed by atoms with Gasteiger partial charge in [-0.2, -0.15) is 5.10 Å². The highest BCUT2D eigenvalue weighted by Gasteiger charge is 2.40. The fourth-order valence-corrected chi connectivity index (χ4v) is 3.37. The third-order valence-electron chi connectivity index (χ3n) is 3.85. The lowest BCUT2D eigenvalue weighted by Gasteiger charge is -2.14. The number of amidine groups is 1. The van der Waals surface area contributed by atoms with Gasteiger partial charge in [0.15, 0.2) is 5.17 Å². The lowest BCUT2D eigenvalue weighted by molar-refractivity contribution is -0.384. The van der Waals surface area contributed by atoms with Gasteiger partial charge in [-0.05, 0) is 29.8 Å². The molecule has 2 aromatic rings. The number of para-hydroxylation sites is 1. The molecule has 0 aromatic heterocycles. The van der Waals surface area contributed by atoms with Crippen molar-refractivity contribution in [2.45, 2.75) is 11.7 Å². The molecule has 1 saturated heterocycles. The average molecular weight is 397 g/mol. The highest BCUT2D eigenvalue weighted by molar-refractivity contribution is 8.14. The number of hydrogen-bond acceptors (Lipinski definition) is 7. The molecule has 0 bridgehead atoms. The smallest absolute Gasteiger partial charge is 0.269 e. The highest BCUT2D eigenvalue weighted by Crippen LogP contribution is 2.29. The molecule has 0 unspecified atom stereocenters. The number of hydrogen-bond donors (Lipinski definition) is 1. The predicted octanol–water partition coefficient (Wildman–Crippen LogP) is 2.31. The van der Waals surface area contributed by atoms with Crippen LogP contribution in [0.5, 0.6) is 0 Å².